The molecular formula is C15H32. The lowest BCUT2D eigenvalue weighted by molar-refractivity contribution is 0.0914. The summed E-state index contributed by atoms with van der Waals surface area (Å²) in [5.41, 5.74) is 0.958. The Kier molecular flexibility index (Phi) is 5.37. The van der Waals surface area contributed by atoms with Crippen molar-refractivity contribution in [3.05, 3.63) is 0 Å². The molecule has 0 radical (unpaired) electrons. The van der Waals surface area contributed by atoms with Gasteiger partial charge in [0.25, 0.3) is 0 Å². The quantitative estimate of drug-likeness (QED) is 0.543. The molecule has 0 fully saturated rings. The SMILES string of the molecule is CCC(C)C(C)C(C)(C)CC(C)(C)CC. The van der Waals surface area contributed by atoms with Crippen LogP contribution in [-0.2, 0) is 0 Å². The van der Waals surface area contributed by atoms with Crippen molar-refractivity contribution < 1.29 is 0 Å². The van der Waals surface area contributed by atoms with Crippen LogP contribution in [0.25, 0.3) is 0 Å². The third-order valence-corrected chi connectivity index (χ3v) is 4.62. The van der Waals surface area contributed by atoms with Crippen molar-refractivity contribution >= 4 is 0 Å². The summed E-state index contributed by atoms with van der Waals surface area (Å²) in [4.78, 5) is 0. The summed E-state index contributed by atoms with van der Waals surface area (Å²) >= 11 is 0. The van der Waals surface area contributed by atoms with E-state index in [9.17, 15) is 0 Å². The summed E-state index contributed by atoms with van der Waals surface area (Å²) < 4.78 is 0. The first-order valence-corrected chi connectivity index (χ1v) is 6.66. The third-order valence-electron chi connectivity index (χ3n) is 4.62. The van der Waals surface area contributed by atoms with Crippen LogP contribution in [-0.4, -0.2) is 0 Å². The minimum atomic E-state index is 0.467. The van der Waals surface area contributed by atoms with E-state index in [0.717, 1.165) is 11.8 Å². The fourth-order valence-electron chi connectivity index (χ4n) is 2.64. The van der Waals surface area contributed by atoms with Crippen LogP contribution >= 0.6 is 0 Å². The van der Waals surface area contributed by atoms with Crippen molar-refractivity contribution in [2.24, 2.45) is 22.7 Å². The van der Waals surface area contributed by atoms with Crippen molar-refractivity contribution in [3.63, 3.8) is 0 Å². The molecule has 0 saturated carbocycles. The van der Waals surface area contributed by atoms with Gasteiger partial charge in [0.1, 0.15) is 0 Å². The van der Waals surface area contributed by atoms with Crippen molar-refractivity contribution in [1.82, 2.24) is 0 Å². The van der Waals surface area contributed by atoms with Crippen molar-refractivity contribution in [2.45, 2.75) is 74.7 Å². The highest BCUT2D eigenvalue weighted by atomic mass is 14.4. The Bertz CT molecular complexity index is 176. The predicted octanol–water partition coefficient (Wildman–Crippen LogP) is 5.52. The zero-order valence-electron chi connectivity index (χ0n) is 12.3. The zero-order valence-corrected chi connectivity index (χ0v) is 12.3. The van der Waals surface area contributed by atoms with E-state index in [1.54, 1.807) is 0 Å². The molecule has 0 nitrogen and oxygen atoms in total. The molecule has 0 aliphatic heterocycles. The van der Waals surface area contributed by atoms with Crippen LogP contribution in [0.15, 0.2) is 0 Å². The van der Waals surface area contributed by atoms with Crippen LogP contribution in [0.2, 0.25) is 0 Å². The molecular weight excluding hydrogens is 180 g/mol. The predicted molar refractivity (Wildman–Crippen MR) is 71.1 cm³/mol. The molecule has 0 spiro atoms. The van der Waals surface area contributed by atoms with E-state index in [4.69, 9.17) is 0 Å². The maximum atomic E-state index is 2.45. The van der Waals surface area contributed by atoms with Crippen LogP contribution in [0.3, 0.4) is 0 Å². The number of hydrogen-bond acceptors (Lipinski definition) is 0. The first-order chi connectivity index (χ1) is 6.66. The topological polar surface area (TPSA) is 0 Å². The number of rotatable bonds is 6. The summed E-state index contributed by atoms with van der Waals surface area (Å²) in [6.07, 6.45) is 3.92. The Morgan fingerprint density at radius 1 is 0.933 bits per heavy atom. The smallest absolute Gasteiger partial charge is 0.0321 e. The highest BCUT2D eigenvalue weighted by Crippen LogP contribution is 2.43. The minimum absolute atomic E-state index is 0.467. The van der Waals surface area contributed by atoms with E-state index in [1.807, 2.05) is 0 Å². The van der Waals surface area contributed by atoms with E-state index < -0.39 is 0 Å². The molecule has 0 aliphatic carbocycles. The molecule has 2 atom stereocenters. The molecule has 0 aromatic carbocycles. The van der Waals surface area contributed by atoms with Crippen molar-refractivity contribution in [3.8, 4) is 0 Å². The third kappa shape index (κ3) is 4.57. The van der Waals surface area contributed by atoms with E-state index in [1.165, 1.54) is 19.3 Å². The van der Waals surface area contributed by atoms with Gasteiger partial charge in [-0.15, -0.1) is 0 Å². The van der Waals surface area contributed by atoms with Crippen LogP contribution in [0.4, 0.5) is 0 Å². The Hall–Kier alpha value is 0. The molecule has 0 heterocycles. The van der Waals surface area contributed by atoms with E-state index in [2.05, 4.69) is 55.4 Å². The zero-order chi connectivity index (χ0) is 12.3. The first-order valence-electron chi connectivity index (χ1n) is 6.66. The summed E-state index contributed by atoms with van der Waals surface area (Å²) in [5.74, 6) is 1.65. The van der Waals surface area contributed by atoms with Crippen LogP contribution in [0, 0.1) is 22.7 Å². The van der Waals surface area contributed by atoms with Gasteiger partial charge in [-0.25, -0.2) is 0 Å². The molecule has 0 heteroatoms. The molecule has 0 amide bonds. The monoisotopic (exact) mass is 212 g/mol. The highest BCUT2D eigenvalue weighted by molar-refractivity contribution is 4.84. The van der Waals surface area contributed by atoms with Gasteiger partial charge in [-0.1, -0.05) is 68.2 Å². The Labute approximate surface area is 97.8 Å². The molecule has 2 unspecified atom stereocenters. The summed E-state index contributed by atoms with van der Waals surface area (Å²) in [5, 5.41) is 0. The number of hydrogen-bond donors (Lipinski definition) is 0. The van der Waals surface area contributed by atoms with Crippen LogP contribution < -0.4 is 0 Å². The standard InChI is InChI=1S/C15H32/c1-9-12(3)13(4)15(7,8)11-14(5,6)10-2/h12-13H,9-11H2,1-8H3. The molecule has 15 heavy (non-hydrogen) atoms. The van der Waals surface area contributed by atoms with Gasteiger partial charge in [0.2, 0.25) is 0 Å². The highest BCUT2D eigenvalue weighted by Gasteiger charge is 2.34. The summed E-state index contributed by atoms with van der Waals surface area (Å²) in [6, 6.07) is 0. The molecule has 0 rings (SSSR count). The summed E-state index contributed by atoms with van der Waals surface area (Å²) in [6.45, 7) is 19.1. The normalized spacial score (nSPS) is 17.6. The lowest BCUT2D eigenvalue weighted by Gasteiger charge is -2.41. The van der Waals surface area contributed by atoms with Crippen LogP contribution in [0.5, 0.6) is 0 Å². The second kappa shape index (κ2) is 5.37. The average molecular weight is 212 g/mol. The Morgan fingerprint density at radius 2 is 1.40 bits per heavy atom. The molecule has 0 bridgehead atoms. The average Bonchev–Trinajstić information content (AvgIpc) is 2.14. The fourth-order valence-corrected chi connectivity index (χ4v) is 2.64. The molecule has 0 N–H and O–H groups in total. The molecule has 0 aromatic rings. The van der Waals surface area contributed by atoms with Gasteiger partial charge in [-0.3, -0.25) is 0 Å². The van der Waals surface area contributed by atoms with Gasteiger partial charge in [-0.2, -0.15) is 0 Å². The largest absolute Gasteiger partial charge is 0.0651 e. The second-order valence-electron chi connectivity index (χ2n) is 6.86. The maximum absolute atomic E-state index is 2.45. The minimum Gasteiger partial charge on any atom is -0.0651 e. The maximum Gasteiger partial charge on any atom is -0.0321 e. The Balaban J connectivity index is 4.53. The van der Waals surface area contributed by atoms with Gasteiger partial charge < -0.3 is 0 Å². The van der Waals surface area contributed by atoms with Gasteiger partial charge in [-0.05, 0) is 29.1 Å². The molecule has 0 saturated heterocycles. The van der Waals surface area contributed by atoms with E-state index in [-0.39, 0.29) is 0 Å². The van der Waals surface area contributed by atoms with Gasteiger partial charge in [0.05, 0.1) is 0 Å². The fraction of sp³-hybridized carbons (Fsp3) is 1.00. The second-order valence-corrected chi connectivity index (χ2v) is 6.86. The first kappa shape index (κ1) is 15.0. The Morgan fingerprint density at radius 3 is 1.73 bits per heavy atom. The lowest BCUT2D eigenvalue weighted by atomic mass is 9.64. The van der Waals surface area contributed by atoms with Gasteiger partial charge in [0.15, 0.2) is 0 Å². The lowest BCUT2D eigenvalue weighted by Crippen LogP contribution is -2.32. The van der Waals surface area contributed by atoms with E-state index in [0.29, 0.717) is 10.8 Å². The van der Waals surface area contributed by atoms with Gasteiger partial charge in [0, 0.05) is 0 Å². The van der Waals surface area contributed by atoms with E-state index >= 15 is 0 Å². The van der Waals surface area contributed by atoms with Crippen molar-refractivity contribution in [1.29, 1.82) is 0 Å². The molecule has 0 aliphatic rings. The van der Waals surface area contributed by atoms with Crippen molar-refractivity contribution in [2.75, 3.05) is 0 Å². The van der Waals surface area contributed by atoms with Gasteiger partial charge >= 0.3 is 0 Å². The van der Waals surface area contributed by atoms with Crippen LogP contribution in [0.1, 0.15) is 74.7 Å². The molecule has 0 aromatic heterocycles. The molecule has 92 valence electrons. The summed E-state index contributed by atoms with van der Waals surface area (Å²) in [7, 11) is 0.